The van der Waals surface area contributed by atoms with Gasteiger partial charge >= 0.3 is 0 Å². The standard InChI is InChI=1S/C10H12F3NO2/c11-6-3-5(4-7(12)9(6)13)10(16)8(15)1-2-14/h3-4,8,10,15-16H,1-2,14H2. The van der Waals surface area contributed by atoms with Crippen LogP contribution in [0.5, 0.6) is 0 Å². The number of aliphatic hydroxyl groups excluding tert-OH is 2. The predicted molar refractivity (Wildman–Crippen MR) is 51.0 cm³/mol. The smallest absolute Gasteiger partial charge is 0.194 e. The van der Waals surface area contributed by atoms with Crippen molar-refractivity contribution in [3.05, 3.63) is 35.1 Å². The van der Waals surface area contributed by atoms with Gasteiger partial charge in [0.2, 0.25) is 0 Å². The molecule has 2 unspecified atom stereocenters. The second-order valence-corrected chi connectivity index (χ2v) is 3.39. The van der Waals surface area contributed by atoms with Crippen molar-refractivity contribution < 1.29 is 23.4 Å². The highest BCUT2D eigenvalue weighted by Gasteiger charge is 2.21. The van der Waals surface area contributed by atoms with Crippen molar-refractivity contribution in [3.63, 3.8) is 0 Å². The molecule has 0 aliphatic rings. The molecular weight excluding hydrogens is 223 g/mol. The number of hydrogen-bond acceptors (Lipinski definition) is 3. The monoisotopic (exact) mass is 235 g/mol. The lowest BCUT2D eigenvalue weighted by Gasteiger charge is -2.17. The van der Waals surface area contributed by atoms with Gasteiger partial charge in [0.05, 0.1) is 6.10 Å². The van der Waals surface area contributed by atoms with Gasteiger partial charge in [-0.3, -0.25) is 0 Å². The summed E-state index contributed by atoms with van der Waals surface area (Å²) in [7, 11) is 0. The van der Waals surface area contributed by atoms with Crippen LogP contribution in [0.2, 0.25) is 0 Å². The average Bonchev–Trinajstić information content (AvgIpc) is 2.24. The highest BCUT2D eigenvalue weighted by atomic mass is 19.2. The molecular formula is C10H12F3NO2. The first-order chi connectivity index (χ1) is 7.47. The van der Waals surface area contributed by atoms with E-state index in [2.05, 4.69) is 0 Å². The lowest BCUT2D eigenvalue weighted by atomic mass is 10.0. The first-order valence-corrected chi connectivity index (χ1v) is 4.68. The molecule has 4 N–H and O–H groups in total. The maximum Gasteiger partial charge on any atom is 0.194 e. The number of aliphatic hydroxyl groups is 2. The van der Waals surface area contributed by atoms with Crippen LogP contribution >= 0.6 is 0 Å². The van der Waals surface area contributed by atoms with Crippen molar-refractivity contribution in [2.24, 2.45) is 5.73 Å². The molecule has 90 valence electrons. The molecule has 0 amide bonds. The van der Waals surface area contributed by atoms with Crippen molar-refractivity contribution in [1.29, 1.82) is 0 Å². The predicted octanol–water partition coefficient (Wildman–Crippen LogP) is 0.847. The highest BCUT2D eigenvalue weighted by molar-refractivity contribution is 5.22. The van der Waals surface area contributed by atoms with Gasteiger partial charge in [-0.2, -0.15) is 0 Å². The molecule has 0 aliphatic heterocycles. The minimum atomic E-state index is -1.61. The number of nitrogens with two attached hydrogens (primary N) is 1. The van der Waals surface area contributed by atoms with Gasteiger partial charge in [-0.15, -0.1) is 0 Å². The zero-order valence-electron chi connectivity index (χ0n) is 8.33. The van der Waals surface area contributed by atoms with Crippen LogP contribution in [-0.2, 0) is 0 Å². The lowest BCUT2D eigenvalue weighted by molar-refractivity contribution is 0.0146. The number of benzene rings is 1. The summed E-state index contributed by atoms with van der Waals surface area (Å²) in [6, 6.07) is 1.28. The van der Waals surface area contributed by atoms with Crippen LogP contribution in [0.1, 0.15) is 18.1 Å². The van der Waals surface area contributed by atoms with Gasteiger partial charge in [0.15, 0.2) is 17.5 Å². The van der Waals surface area contributed by atoms with Gasteiger partial charge in [-0.1, -0.05) is 0 Å². The lowest BCUT2D eigenvalue weighted by Crippen LogP contribution is -2.22. The van der Waals surface area contributed by atoms with Crippen LogP contribution in [-0.4, -0.2) is 22.9 Å². The molecule has 1 rings (SSSR count). The zero-order valence-corrected chi connectivity index (χ0v) is 8.33. The summed E-state index contributed by atoms with van der Waals surface area (Å²) < 4.78 is 38.2. The van der Waals surface area contributed by atoms with E-state index in [1.807, 2.05) is 0 Å². The van der Waals surface area contributed by atoms with E-state index in [0.29, 0.717) is 12.1 Å². The van der Waals surface area contributed by atoms with Crippen molar-refractivity contribution in [2.75, 3.05) is 6.54 Å². The van der Waals surface area contributed by atoms with E-state index in [1.165, 1.54) is 0 Å². The zero-order chi connectivity index (χ0) is 12.3. The molecule has 0 saturated heterocycles. The molecule has 3 nitrogen and oxygen atoms in total. The summed E-state index contributed by atoms with van der Waals surface area (Å²) in [5, 5.41) is 18.9. The summed E-state index contributed by atoms with van der Waals surface area (Å²) in [4.78, 5) is 0. The third-order valence-corrected chi connectivity index (χ3v) is 2.17. The Morgan fingerprint density at radius 2 is 1.62 bits per heavy atom. The summed E-state index contributed by atoms with van der Waals surface area (Å²) in [5.74, 6) is -4.42. The molecule has 0 bridgehead atoms. The Balaban J connectivity index is 2.96. The normalized spacial score (nSPS) is 14.9. The van der Waals surface area contributed by atoms with E-state index in [4.69, 9.17) is 5.73 Å². The van der Waals surface area contributed by atoms with Crippen molar-refractivity contribution in [2.45, 2.75) is 18.6 Å². The molecule has 0 aromatic heterocycles. The molecule has 0 spiro atoms. The SMILES string of the molecule is NCCC(O)C(O)c1cc(F)c(F)c(F)c1. The topological polar surface area (TPSA) is 66.5 Å². The first kappa shape index (κ1) is 13.0. The molecule has 0 radical (unpaired) electrons. The third kappa shape index (κ3) is 2.72. The Kier molecular flexibility index (Phi) is 4.28. The molecule has 1 aromatic rings. The molecule has 6 heteroatoms. The highest BCUT2D eigenvalue weighted by Crippen LogP contribution is 2.22. The fraction of sp³-hybridized carbons (Fsp3) is 0.400. The van der Waals surface area contributed by atoms with Crippen LogP contribution in [0.15, 0.2) is 12.1 Å². The summed E-state index contributed by atoms with van der Waals surface area (Å²) in [5.41, 5.74) is 4.93. The molecule has 0 fully saturated rings. The van der Waals surface area contributed by atoms with Crippen molar-refractivity contribution in [3.8, 4) is 0 Å². The van der Waals surface area contributed by atoms with Crippen LogP contribution < -0.4 is 5.73 Å². The van der Waals surface area contributed by atoms with Gasteiger partial charge < -0.3 is 15.9 Å². The Morgan fingerprint density at radius 1 is 1.12 bits per heavy atom. The summed E-state index contributed by atoms with van der Waals surface area (Å²) >= 11 is 0. The first-order valence-electron chi connectivity index (χ1n) is 4.68. The maximum absolute atomic E-state index is 12.8. The van der Waals surface area contributed by atoms with Crippen LogP contribution in [0.4, 0.5) is 13.2 Å². The molecule has 0 aliphatic carbocycles. The van der Waals surface area contributed by atoms with Gasteiger partial charge in [0.1, 0.15) is 6.10 Å². The van der Waals surface area contributed by atoms with E-state index in [-0.39, 0.29) is 18.5 Å². The van der Waals surface area contributed by atoms with E-state index in [0.717, 1.165) is 0 Å². The second kappa shape index (κ2) is 5.29. The average molecular weight is 235 g/mol. The van der Waals surface area contributed by atoms with Crippen molar-refractivity contribution in [1.82, 2.24) is 0 Å². The minimum absolute atomic E-state index is 0.0712. The summed E-state index contributed by atoms with van der Waals surface area (Å²) in [6.45, 7) is 0.115. The Bertz CT molecular complexity index is 350. The number of rotatable bonds is 4. The number of halogens is 3. The number of hydrogen-bond donors (Lipinski definition) is 3. The van der Waals surface area contributed by atoms with E-state index in [1.54, 1.807) is 0 Å². The quantitative estimate of drug-likeness (QED) is 0.678. The van der Waals surface area contributed by atoms with Gasteiger partial charge in [0.25, 0.3) is 0 Å². The Hall–Kier alpha value is -1.11. The van der Waals surface area contributed by atoms with E-state index >= 15 is 0 Å². The Morgan fingerprint density at radius 3 is 2.06 bits per heavy atom. The van der Waals surface area contributed by atoms with Gasteiger partial charge in [0, 0.05) is 0 Å². The Labute approximate surface area is 90.3 Å². The second-order valence-electron chi connectivity index (χ2n) is 3.39. The largest absolute Gasteiger partial charge is 0.390 e. The molecule has 1 aromatic carbocycles. The fourth-order valence-corrected chi connectivity index (χ4v) is 1.30. The van der Waals surface area contributed by atoms with Crippen LogP contribution in [0.25, 0.3) is 0 Å². The van der Waals surface area contributed by atoms with Crippen LogP contribution in [0.3, 0.4) is 0 Å². The van der Waals surface area contributed by atoms with E-state index < -0.39 is 29.7 Å². The summed E-state index contributed by atoms with van der Waals surface area (Å²) in [6.07, 6.45) is -2.66. The molecule has 16 heavy (non-hydrogen) atoms. The molecule has 0 saturated carbocycles. The molecule has 2 atom stereocenters. The van der Waals surface area contributed by atoms with Gasteiger partial charge in [-0.05, 0) is 30.7 Å². The van der Waals surface area contributed by atoms with E-state index in [9.17, 15) is 23.4 Å². The maximum atomic E-state index is 12.8. The minimum Gasteiger partial charge on any atom is -0.390 e. The fourth-order valence-electron chi connectivity index (χ4n) is 1.30. The van der Waals surface area contributed by atoms with Crippen molar-refractivity contribution >= 4 is 0 Å². The van der Waals surface area contributed by atoms with Gasteiger partial charge in [-0.25, -0.2) is 13.2 Å². The molecule has 0 heterocycles. The van der Waals surface area contributed by atoms with Crippen LogP contribution in [0, 0.1) is 17.5 Å². The third-order valence-electron chi connectivity index (χ3n) is 2.17.